The third-order valence-corrected chi connectivity index (χ3v) is 3.35. The van der Waals surface area contributed by atoms with E-state index in [9.17, 15) is 9.90 Å². The van der Waals surface area contributed by atoms with E-state index in [1.807, 2.05) is 52.0 Å². The largest absolute Gasteiger partial charge is 0.508 e. The Morgan fingerprint density at radius 1 is 0.826 bits per heavy atom. The van der Waals surface area contributed by atoms with E-state index in [2.05, 4.69) is 13.8 Å². The highest BCUT2D eigenvalue weighted by molar-refractivity contribution is 5.47. The summed E-state index contributed by atoms with van der Waals surface area (Å²) in [5.41, 5.74) is 2.03. The van der Waals surface area contributed by atoms with Crippen LogP contribution in [0, 0.1) is 0 Å². The first-order valence-electron chi connectivity index (χ1n) is 8.04. The van der Waals surface area contributed by atoms with Gasteiger partial charge in [-0.05, 0) is 35.4 Å². The summed E-state index contributed by atoms with van der Waals surface area (Å²) in [6.07, 6.45) is 0. The summed E-state index contributed by atoms with van der Waals surface area (Å²) >= 11 is 0. The molecule has 0 fully saturated rings. The van der Waals surface area contributed by atoms with Gasteiger partial charge in [0, 0.05) is 5.41 Å². The molecule has 1 N–H and O–H groups in total. The van der Waals surface area contributed by atoms with E-state index in [1.165, 1.54) is 0 Å². The summed E-state index contributed by atoms with van der Waals surface area (Å²) in [6.45, 7) is 12.6. The molecule has 0 saturated heterocycles. The summed E-state index contributed by atoms with van der Waals surface area (Å²) in [5, 5.41) is 9.34. The zero-order valence-electron chi connectivity index (χ0n) is 15.0. The Hall–Kier alpha value is -2.29. The van der Waals surface area contributed by atoms with Gasteiger partial charge in [0.1, 0.15) is 11.5 Å². The molecule has 0 unspecified atom stereocenters. The maximum Gasteiger partial charge on any atom is 0.298 e. The van der Waals surface area contributed by atoms with Gasteiger partial charge in [0.05, 0.1) is 0 Å². The molecule has 0 aliphatic heterocycles. The highest BCUT2D eigenvalue weighted by Crippen LogP contribution is 2.33. The Labute approximate surface area is 139 Å². The number of hydrogen-bond acceptors (Lipinski definition) is 3. The number of phenolic OH excluding ortho intramolecular Hbond substituents is 1. The van der Waals surface area contributed by atoms with Crippen molar-refractivity contribution >= 4 is 6.47 Å². The highest BCUT2D eigenvalue weighted by atomic mass is 16.5. The van der Waals surface area contributed by atoms with Crippen molar-refractivity contribution in [1.82, 2.24) is 0 Å². The molecular weight excluding hydrogens is 288 g/mol. The van der Waals surface area contributed by atoms with Crippen LogP contribution in [0.2, 0.25) is 0 Å². The van der Waals surface area contributed by atoms with Gasteiger partial charge >= 0.3 is 0 Å². The molecule has 0 radical (unpaired) electrons. The average molecular weight is 316 g/mol. The maximum absolute atomic E-state index is 10.3. The van der Waals surface area contributed by atoms with Crippen LogP contribution >= 0.6 is 0 Å². The lowest BCUT2D eigenvalue weighted by Crippen LogP contribution is -2.18. The van der Waals surface area contributed by atoms with Crippen LogP contribution in [0.1, 0.15) is 52.7 Å². The first-order valence-corrected chi connectivity index (χ1v) is 8.04. The molecule has 23 heavy (non-hydrogen) atoms. The van der Waals surface area contributed by atoms with Gasteiger partial charge in [-0.2, -0.15) is 0 Å². The van der Waals surface area contributed by atoms with Crippen molar-refractivity contribution < 1.29 is 14.6 Å². The molecule has 0 bridgehead atoms. The molecule has 2 rings (SSSR count). The molecule has 3 nitrogen and oxygen atoms in total. The van der Waals surface area contributed by atoms with Gasteiger partial charge in [0.15, 0.2) is 0 Å². The molecule has 0 saturated carbocycles. The van der Waals surface area contributed by atoms with E-state index in [0.29, 0.717) is 12.2 Å². The maximum atomic E-state index is 10.3. The molecule has 0 aromatic heterocycles. The quantitative estimate of drug-likeness (QED) is 0.778. The predicted molar refractivity (Wildman–Crippen MR) is 96.1 cm³/mol. The van der Waals surface area contributed by atoms with E-state index < -0.39 is 0 Å². The minimum Gasteiger partial charge on any atom is -0.508 e. The average Bonchev–Trinajstić information content (AvgIpc) is 2.60. The van der Waals surface area contributed by atoms with Crippen molar-refractivity contribution in [3.63, 3.8) is 0 Å². The summed E-state index contributed by atoms with van der Waals surface area (Å²) < 4.78 is 4.78. The zero-order valence-corrected chi connectivity index (χ0v) is 15.0. The lowest BCUT2D eigenvalue weighted by molar-refractivity contribution is -0.120. The second-order valence-electron chi connectivity index (χ2n) is 4.91. The molecule has 2 aromatic rings. The summed E-state index contributed by atoms with van der Waals surface area (Å²) in [7, 11) is 0. The summed E-state index contributed by atoms with van der Waals surface area (Å²) in [5.74, 6) is 0.787. The van der Waals surface area contributed by atoms with Gasteiger partial charge in [-0.3, -0.25) is 4.79 Å². The third-order valence-electron chi connectivity index (χ3n) is 3.35. The standard InChI is InChI=1S/C16H16O3.2C2H6/c1-16(2,12-3-7-14(18)8-4-12)13-5-9-15(10-6-13)19-11-17;2*1-2/h3-11,18H,1-2H3;2*1-2H3. The van der Waals surface area contributed by atoms with Crippen molar-refractivity contribution in [2.75, 3.05) is 0 Å². The van der Waals surface area contributed by atoms with Crippen LogP contribution in [0.4, 0.5) is 0 Å². The normalized spacial score (nSPS) is 9.65. The van der Waals surface area contributed by atoms with E-state index in [0.717, 1.165) is 11.1 Å². The number of rotatable bonds is 4. The molecule has 2 aromatic carbocycles. The zero-order chi connectivity index (χ0) is 17.9. The number of carbonyl (C=O) groups excluding carboxylic acids is 1. The number of benzene rings is 2. The SMILES string of the molecule is CC.CC.CC(C)(c1ccc(O)cc1)c1ccc(OC=O)cc1. The molecule has 126 valence electrons. The summed E-state index contributed by atoms with van der Waals surface area (Å²) in [6, 6.07) is 14.6. The van der Waals surface area contributed by atoms with Crippen molar-refractivity contribution in [2.45, 2.75) is 47.0 Å². The molecule has 3 heteroatoms. The van der Waals surface area contributed by atoms with E-state index in [1.54, 1.807) is 24.3 Å². The van der Waals surface area contributed by atoms with Gasteiger partial charge in [0.25, 0.3) is 6.47 Å². The van der Waals surface area contributed by atoms with Gasteiger partial charge in [-0.15, -0.1) is 0 Å². The number of aromatic hydroxyl groups is 1. The Bertz CT molecular complexity index is 554. The van der Waals surface area contributed by atoms with E-state index in [4.69, 9.17) is 4.74 Å². The smallest absolute Gasteiger partial charge is 0.298 e. The Kier molecular flexibility index (Phi) is 9.40. The van der Waals surface area contributed by atoms with Crippen molar-refractivity contribution in [3.8, 4) is 11.5 Å². The van der Waals surface area contributed by atoms with Crippen LogP contribution in [0.3, 0.4) is 0 Å². The van der Waals surface area contributed by atoms with Gasteiger partial charge < -0.3 is 9.84 Å². The van der Waals surface area contributed by atoms with Crippen molar-refractivity contribution in [3.05, 3.63) is 59.7 Å². The lowest BCUT2D eigenvalue weighted by Gasteiger charge is -2.26. The van der Waals surface area contributed by atoms with Gasteiger partial charge in [-0.1, -0.05) is 65.8 Å². The Morgan fingerprint density at radius 3 is 1.61 bits per heavy atom. The van der Waals surface area contributed by atoms with Gasteiger partial charge in [0.2, 0.25) is 0 Å². The first kappa shape index (κ1) is 20.7. The highest BCUT2D eigenvalue weighted by Gasteiger charge is 2.22. The van der Waals surface area contributed by atoms with Crippen LogP contribution in [-0.2, 0) is 10.2 Å². The lowest BCUT2D eigenvalue weighted by atomic mass is 9.78. The number of carbonyl (C=O) groups is 1. The fourth-order valence-corrected chi connectivity index (χ4v) is 2.05. The first-order chi connectivity index (χ1) is 11.0. The number of phenols is 1. The van der Waals surface area contributed by atoms with Crippen molar-refractivity contribution in [1.29, 1.82) is 0 Å². The molecule has 0 aliphatic rings. The Balaban J connectivity index is 0.00000112. The van der Waals surface area contributed by atoms with Crippen LogP contribution in [0.25, 0.3) is 0 Å². The van der Waals surface area contributed by atoms with Crippen LogP contribution in [-0.4, -0.2) is 11.6 Å². The number of ether oxygens (including phenoxy) is 1. The second-order valence-corrected chi connectivity index (χ2v) is 4.91. The summed E-state index contributed by atoms with van der Waals surface area (Å²) in [4.78, 5) is 10.3. The third kappa shape index (κ3) is 5.78. The molecular formula is C20H28O3. The molecule has 0 amide bonds. The minimum absolute atomic E-state index is 0.187. The molecule has 0 heterocycles. The molecule has 0 spiro atoms. The van der Waals surface area contributed by atoms with Crippen molar-refractivity contribution in [2.24, 2.45) is 0 Å². The topological polar surface area (TPSA) is 46.5 Å². The predicted octanol–water partition coefficient (Wildman–Crippen LogP) is 5.31. The minimum atomic E-state index is -0.187. The Morgan fingerprint density at radius 2 is 1.22 bits per heavy atom. The van der Waals surface area contributed by atoms with E-state index in [-0.39, 0.29) is 11.2 Å². The fourth-order valence-electron chi connectivity index (χ4n) is 2.05. The van der Waals surface area contributed by atoms with Crippen LogP contribution in [0.15, 0.2) is 48.5 Å². The van der Waals surface area contributed by atoms with E-state index >= 15 is 0 Å². The molecule has 0 aliphatic carbocycles. The fraction of sp³-hybridized carbons (Fsp3) is 0.350. The second kappa shape index (κ2) is 10.4. The number of hydrogen-bond donors (Lipinski definition) is 1. The van der Waals surface area contributed by atoms with Crippen LogP contribution in [0.5, 0.6) is 11.5 Å². The molecule has 0 atom stereocenters. The van der Waals surface area contributed by atoms with Gasteiger partial charge in [-0.25, -0.2) is 0 Å². The monoisotopic (exact) mass is 316 g/mol. The van der Waals surface area contributed by atoms with Crippen LogP contribution < -0.4 is 4.74 Å².